The second-order valence-corrected chi connectivity index (χ2v) is 2.74. The zero-order valence-electron chi connectivity index (χ0n) is 7.46. The van der Waals surface area contributed by atoms with Gasteiger partial charge in [0.2, 0.25) is 0 Å². The molecule has 0 saturated carbocycles. The van der Waals surface area contributed by atoms with E-state index < -0.39 is 12.6 Å². The Bertz CT molecular complexity index is 353. The van der Waals surface area contributed by atoms with E-state index in [0.717, 1.165) is 5.56 Å². The van der Waals surface area contributed by atoms with Crippen LogP contribution in [-0.4, -0.2) is 12.6 Å². The minimum absolute atomic E-state index is 0.0217. The van der Waals surface area contributed by atoms with E-state index in [0.29, 0.717) is 5.69 Å². The van der Waals surface area contributed by atoms with Crippen molar-refractivity contribution in [2.24, 2.45) is 0 Å². The number of halogens is 2. The summed E-state index contributed by atoms with van der Waals surface area (Å²) in [6.45, 7) is -1.36. The molecule has 14 heavy (non-hydrogen) atoms. The molecule has 0 saturated heterocycles. The zero-order valence-corrected chi connectivity index (χ0v) is 7.46. The highest BCUT2D eigenvalue weighted by Crippen LogP contribution is 2.14. The summed E-state index contributed by atoms with van der Waals surface area (Å²) in [5.74, 6) is -1.08. The van der Waals surface area contributed by atoms with Gasteiger partial charge in [0.15, 0.2) is 0 Å². The molecule has 1 rings (SSSR count). The molecule has 0 bridgehead atoms. The highest BCUT2D eigenvalue weighted by atomic mass is 19.3. The van der Waals surface area contributed by atoms with Gasteiger partial charge < -0.3 is 10.5 Å². The first-order valence-corrected chi connectivity index (χ1v) is 3.86. The molecule has 0 spiro atoms. The van der Waals surface area contributed by atoms with Crippen LogP contribution in [0.25, 0.3) is 0 Å². The molecule has 0 aliphatic carbocycles. The van der Waals surface area contributed by atoms with Gasteiger partial charge in [-0.25, -0.2) is 4.79 Å². The lowest BCUT2D eigenvalue weighted by Gasteiger charge is -2.04. The van der Waals surface area contributed by atoms with Crippen molar-refractivity contribution in [3.8, 4) is 0 Å². The minimum Gasteiger partial charge on any atom is -0.399 e. The maximum atomic E-state index is 11.7. The van der Waals surface area contributed by atoms with E-state index in [1.807, 2.05) is 0 Å². The summed E-state index contributed by atoms with van der Waals surface area (Å²) in [5, 5.41) is 0. The van der Waals surface area contributed by atoms with Crippen molar-refractivity contribution in [3.05, 3.63) is 29.3 Å². The second-order valence-electron chi connectivity index (χ2n) is 2.74. The van der Waals surface area contributed by atoms with Crippen molar-refractivity contribution in [1.29, 1.82) is 0 Å². The Balaban J connectivity index is 2.86. The first-order chi connectivity index (χ1) is 6.50. The predicted octanol–water partition coefficient (Wildman–Crippen LogP) is 1.96. The van der Waals surface area contributed by atoms with Crippen LogP contribution in [0, 0.1) is 6.92 Å². The molecule has 0 heterocycles. The number of anilines is 1. The number of carbonyl (C=O) groups is 1. The third-order valence-corrected chi connectivity index (χ3v) is 1.71. The van der Waals surface area contributed by atoms with Gasteiger partial charge in [0, 0.05) is 5.69 Å². The highest BCUT2D eigenvalue weighted by Gasteiger charge is 2.13. The molecule has 0 radical (unpaired) electrons. The summed E-state index contributed by atoms with van der Waals surface area (Å²) < 4.78 is 27.1. The van der Waals surface area contributed by atoms with Crippen molar-refractivity contribution in [2.45, 2.75) is 13.5 Å². The highest BCUT2D eigenvalue weighted by molar-refractivity contribution is 5.90. The van der Waals surface area contributed by atoms with Gasteiger partial charge in [-0.05, 0) is 24.6 Å². The van der Waals surface area contributed by atoms with Crippen LogP contribution in [0.5, 0.6) is 0 Å². The lowest BCUT2D eigenvalue weighted by Crippen LogP contribution is -2.10. The van der Waals surface area contributed by atoms with E-state index in [4.69, 9.17) is 5.73 Å². The molecule has 1 aromatic rings. The summed E-state index contributed by atoms with van der Waals surface area (Å²) >= 11 is 0. The average Bonchev–Trinajstić information content (AvgIpc) is 2.08. The largest absolute Gasteiger partial charge is 0.399 e. The number of rotatable bonds is 2. The van der Waals surface area contributed by atoms with Gasteiger partial charge in [-0.2, -0.15) is 8.78 Å². The lowest BCUT2D eigenvalue weighted by atomic mass is 10.1. The number of hydrogen-bond acceptors (Lipinski definition) is 3. The number of nitrogen functional groups attached to an aromatic ring is 1. The van der Waals surface area contributed by atoms with E-state index in [2.05, 4.69) is 4.74 Å². The fourth-order valence-electron chi connectivity index (χ4n) is 0.916. The number of hydrogen-bond donors (Lipinski definition) is 1. The van der Waals surface area contributed by atoms with Crippen LogP contribution in [-0.2, 0) is 4.74 Å². The van der Waals surface area contributed by atoms with E-state index in [-0.39, 0.29) is 5.56 Å². The van der Waals surface area contributed by atoms with Crippen molar-refractivity contribution in [1.82, 2.24) is 0 Å². The summed E-state index contributed by atoms with van der Waals surface area (Å²) in [6, 6.07) is 4.26. The number of esters is 1. The van der Waals surface area contributed by atoms with Gasteiger partial charge in [-0.15, -0.1) is 0 Å². The Morgan fingerprint density at radius 1 is 1.50 bits per heavy atom. The maximum absolute atomic E-state index is 11.7. The maximum Gasteiger partial charge on any atom is 0.389 e. The van der Waals surface area contributed by atoms with E-state index >= 15 is 0 Å². The Morgan fingerprint density at radius 2 is 2.14 bits per heavy atom. The zero-order chi connectivity index (χ0) is 10.7. The summed E-state index contributed by atoms with van der Waals surface area (Å²) in [6.07, 6.45) is 0. The monoisotopic (exact) mass is 201 g/mol. The van der Waals surface area contributed by atoms with Crippen LogP contribution < -0.4 is 5.73 Å². The van der Waals surface area contributed by atoms with Crippen LogP contribution >= 0.6 is 0 Å². The van der Waals surface area contributed by atoms with Crippen LogP contribution in [0.4, 0.5) is 14.5 Å². The number of ether oxygens (including phenoxy) is 1. The molecule has 0 fully saturated rings. The Kier molecular flexibility index (Phi) is 3.01. The average molecular weight is 201 g/mol. The van der Waals surface area contributed by atoms with Gasteiger partial charge in [-0.3, -0.25) is 0 Å². The van der Waals surface area contributed by atoms with Gasteiger partial charge in [-0.1, -0.05) is 6.07 Å². The smallest absolute Gasteiger partial charge is 0.389 e. The Hall–Kier alpha value is -1.65. The normalized spacial score (nSPS) is 10.3. The fraction of sp³-hybridized carbons (Fsp3) is 0.222. The molecule has 0 aromatic heterocycles. The molecule has 0 unspecified atom stereocenters. The minimum atomic E-state index is -3.11. The Labute approximate surface area is 79.5 Å². The molecule has 2 N–H and O–H groups in total. The quantitative estimate of drug-likeness (QED) is 0.587. The van der Waals surface area contributed by atoms with E-state index in [1.54, 1.807) is 13.0 Å². The van der Waals surface area contributed by atoms with Crippen molar-refractivity contribution in [2.75, 3.05) is 5.73 Å². The van der Waals surface area contributed by atoms with Gasteiger partial charge in [0.1, 0.15) is 0 Å². The van der Waals surface area contributed by atoms with Crippen LogP contribution in [0.15, 0.2) is 18.2 Å². The summed E-state index contributed by atoms with van der Waals surface area (Å²) in [5.41, 5.74) is 6.66. The SMILES string of the molecule is Cc1ccc(C(=O)OC(F)F)cc1N. The second kappa shape index (κ2) is 4.04. The molecular formula is C9H9F2NO2. The first-order valence-electron chi connectivity index (χ1n) is 3.86. The van der Waals surface area contributed by atoms with Gasteiger partial charge in [0.05, 0.1) is 5.56 Å². The standard InChI is InChI=1S/C9H9F2NO2/c1-5-2-3-6(4-7(5)12)8(13)14-9(10)11/h2-4,9H,12H2,1H3. The molecular weight excluding hydrogens is 192 g/mol. The molecule has 1 aromatic carbocycles. The van der Waals surface area contributed by atoms with Crippen molar-refractivity contribution in [3.63, 3.8) is 0 Å². The lowest BCUT2D eigenvalue weighted by molar-refractivity contribution is -0.0906. The number of alkyl halides is 2. The predicted molar refractivity (Wildman–Crippen MR) is 47.0 cm³/mol. The van der Waals surface area contributed by atoms with Crippen LogP contribution in [0.1, 0.15) is 15.9 Å². The fourth-order valence-corrected chi connectivity index (χ4v) is 0.916. The number of benzene rings is 1. The first kappa shape index (κ1) is 10.4. The van der Waals surface area contributed by atoms with E-state index in [9.17, 15) is 13.6 Å². The van der Waals surface area contributed by atoms with Crippen LogP contribution in [0.2, 0.25) is 0 Å². The molecule has 76 valence electrons. The summed E-state index contributed by atoms with van der Waals surface area (Å²) in [4.78, 5) is 11.0. The molecule has 0 aliphatic heterocycles. The summed E-state index contributed by atoms with van der Waals surface area (Å²) in [7, 11) is 0. The Morgan fingerprint density at radius 3 is 2.64 bits per heavy atom. The van der Waals surface area contributed by atoms with Gasteiger partial charge in [0.25, 0.3) is 0 Å². The molecule has 0 aliphatic rings. The number of carbonyl (C=O) groups excluding carboxylic acids is 1. The molecule has 5 heteroatoms. The van der Waals surface area contributed by atoms with Gasteiger partial charge >= 0.3 is 12.6 Å². The van der Waals surface area contributed by atoms with Crippen molar-refractivity contribution >= 4 is 11.7 Å². The third kappa shape index (κ3) is 2.42. The number of aryl methyl sites for hydroxylation is 1. The molecule has 0 amide bonds. The molecule has 3 nitrogen and oxygen atoms in total. The topological polar surface area (TPSA) is 52.3 Å². The van der Waals surface area contributed by atoms with E-state index in [1.165, 1.54) is 12.1 Å². The number of nitrogens with two attached hydrogens (primary N) is 1. The van der Waals surface area contributed by atoms with Crippen LogP contribution in [0.3, 0.4) is 0 Å². The third-order valence-electron chi connectivity index (χ3n) is 1.71. The molecule has 0 atom stereocenters. The van der Waals surface area contributed by atoms with Crippen molar-refractivity contribution < 1.29 is 18.3 Å².